The Balaban J connectivity index is 1.73. The highest BCUT2D eigenvalue weighted by molar-refractivity contribution is 6.00. The van der Waals surface area contributed by atoms with Crippen molar-refractivity contribution in [3.8, 4) is 0 Å². The highest BCUT2D eigenvalue weighted by Crippen LogP contribution is 2.50. The van der Waals surface area contributed by atoms with Crippen LogP contribution in [0.4, 0.5) is 14.5 Å². The Morgan fingerprint density at radius 3 is 2.22 bits per heavy atom. The van der Waals surface area contributed by atoms with E-state index in [1.54, 1.807) is 17.0 Å². The van der Waals surface area contributed by atoms with Crippen molar-refractivity contribution in [3.63, 3.8) is 0 Å². The van der Waals surface area contributed by atoms with Crippen LogP contribution in [0.25, 0.3) is 0 Å². The van der Waals surface area contributed by atoms with Gasteiger partial charge in [-0.05, 0) is 62.3 Å². The van der Waals surface area contributed by atoms with Crippen LogP contribution in [0.1, 0.15) is 57.6 Å². The van der Waals surface area contributed by atoms with Gasteiger partial charge in [0.2, 0.25) is 5.91 Å². The predicted molar refractivity (Wildman–Crippen MR) is 99.7 cm³/mol. The number of nitrogens with zero attached hydrogens (tertiary/aromatic N) is 1. The minimum absolute atomic E-state index is 0.0281. The fraction of sp³-hybridized carbons (Fsp3) is 0.571. The van der Waals surface area contributed by atoms with Crippen LogP contribution >= 0.6 is 0 Å². The van der Waals surface area contributed by atoms with Crippen molar-refractivity contribution >= 4 is 11.6 Å². The quantitative estimate of drug-likeness (QED) is 0.778. The van der Waals surface area contributed by atoms with E-state index in [1.165, 1.54) is 12.1 Å². The number of carbonyl (C=O) groups is 1. The van der Waals surface area contributed by atoms with Gasteiger partial charge in [0.15, 0.2) is 0 Å². The molecular weight excluding hydrogens is 352 g/mol. The summed E-state index contributed by atoms with van der Waals surface area (Å²) in [5.74, 6) is -3.20. The zero-order valence-corrected chi connectivity index (χ0v) is 15.8. The summed E-state index contributed by atoms with van der Waals surface area (Å²) in [6, 6.07) is 6.09. The van der Waals surface area contributed by atoms with E-state index >= 15 is 0 Å². The first-order chi connectivity index (χ1) is 12.5. The van der Waals surface area contributed by atoms with Gasteiger partial charge >= 0.3 is 0 Å². The van der Waals surface area contributed by atoms with E-state index < -0.39 is 23.0 Å². The molecule has 1 aliphatic carbocycles. The molecule has 1 heterocycles. The number of rotatable bonds is 4. The molecule has 1 aromatic rings. The molecule has 4 nitrogen and oxygen atoms in total. The van der Waals surface area contributed by atoms with E-state index in [0.29, 0.717) is 44.8 Å². The summed E-state index contributed by atoms with van der Waals surface area (Å²) in [4.78, 5) is 14.8. The monoisotopic (exact) mass is 379 g/mol. The first kappa shape index (κ1) is 20.0. The summed E-state index contributed by atoms with van der Waals surface area (Å²) in [6.07, 6.45) is 1.13. The van der Waals surface area contributed by atoms with E-state index in [-0.39, 0.29) is 11.5 Å². The van der Waals surface area contributed by atoms with Crippen molar-refractivity contribution in [1.82, 2.24) is 0 Å². The van der Waals surface area contributed by atoms with Crippen LogP contribution in [0.2, 0.25) is 0 Å². The normalized spacial score (nSPS) is 30.0. The fourth-order valence-corrected chi connectivity index (χ4v) is 4.23. The number of aliphatic hydroxyl groups is 2. The molecule has 0 aromatic heterocycles. The average Bonchev–Trinajstić information content (AvgIpc) is 2.93. The molecule has 27 heavy (non-hydrogen) atoms. The van der Waals surface area contributed by atoms with Gasteiger partial charge in [0, 0.05) is 19.2 Å². The second kappa shape index (κ2) is 6.67. The molecule has 1 unspecified atom stereocenters. The molecule has 1 aromatic carbocycles. The van der Waals surface area contributed by atoms with Crippen molar-refractivity contribution in [3.05, 3.63) is 42.0 Å². The lowest BCUT2D eigenvalue weighted by Crippen LogP contribution is -2.43. The van der Waals surface area contributed by atoms with Crippen LogP contribution in [0.3, 0.4) is 0 Å². The molecule has 2 aliphatic rings. The van der Waals surface area contributed by atoms with Crippen molar-refractivity contribution in [2.45, 2.75) is 63.6 Å². The number of anilines is 1. The SMILES string of the molecule is C=C(C)C1(O)CCC2(CCN(c3ccc(C(O)C(C)(F)F)cc3)C2=O)CC1. The lowest BCUT2D eigenvalue weighted by molar-refractivity contribution is -0.129. The molecule has 1 saturated heterocycles. The molecule has 1 saturated carbocycles. The molecule has 148 valence electrons. The number of alkyl halides is 2. The zero-order valence-electron chi connectivity index (χ0n) is 15.8. The molecule has 1 atom stereocenters. The van der Waals surface area contributed by atoms with E-state index in [9.17, 15) is 23.8 Å². The van der Waals surface area contributed by atoms with Crippen LogP contribution in [0, 0.1) is 5.41 Å². The summed E-state index contributed by atoms with van der Waals surface area (Å²) in [6.45, 7) is 6.92. The van der Waals surface area contributed by atoms with Crippen LogP contribution in [-0.4, -0.2) is 34.2 Å². The molecule has 2 fully saturated rings. The van der Waals surface area contributed by atoms with E-state index in [2.05, 4.69) is 6.58 Å². The molecular formula is C21H27F2NO3. The molecule has 1 spiro atoms. The number of hydrogen-bond acceptors (Lipinski definition) is 3. The van der Waals surface area contributed by atoms with Gasteiger partial charge in [0.1, 0.15) is 6.10 Å². The number of halogens is 2. The van der Waals surface area contributed by atoms with Crippen LogP contribution in [0.5, 0.6) is 0 Å². The first-order valence-corrected chi connectivity index (χ1v) is 9.35. The Morgan fingerprint density at radius 1 is 1.19 bits per heavy atom. The molecule has 1 amide bonds. The third-order valence-corrected chi connectivity index (χ3v) is 6.34. The maximum Gasteiger partial charge on any atom is 0.274 e. The fourth-order valence-electron chi connectivity index (χ4n) is 4.23. The summed E-state index contributed by atoms with van der Waals surface area (Å²) >= 11 is 0. The number of aliphatic hydroxyl groups excluding tert-OH is 1. The summed E-state index contributed by atoms with van der Waals surface area (Å²) < 4.78 is 26.6. The van der Waals surface area contributed by atoms with Gasteiger partial charge in [-0.1, -0.05) is 18.7 Å². The van der Waals surface area contributed by atoms with Crippen molar-refractivity contribution < 1.29 is 23.8 Å². The standard InChI is InChI=1S/C21H27F2NO3/c1-14(2)21(27)10-8-20(9-11-21)12-13-24(18(20)26)16-6-4-15(5-7-16)17(25)19(3,22)23/h4-7,17,25,27H,1,8-13H2,2-3H3. The van der Waals surface area contributed by atoms with Gasteiger partial charge in [-0.3, -0.25) is 4.79 Å². The van der Waals surface area contributed by atoms with Gasteiger partial charge in [0.25, 0.3) is 5.92 Å². The molecule has 3 rings (SSSR count). The van der Waals surface area contributed by atoms with E-state index in [0.717, 1.165) is 12.0 Å². The minimum atomic E-state index is -3.22. The van der Waals surface area contributed by atoms with Crippen molar-refractivity contribution in [2.24, 2.45) is 5.41 Å². The maximum absolute atomic E-state index is 13.3. The van der Waals surface area contributed by atoms with Gasteiger partial charge in [-0.2, -0.15) is 0 Å². The third kappa shape index (κ3) is 3.52. The Morgan fingerprint density at radius 2 is 1.74 bits per heavy atom. The first-order valence-electron chi connectivity index (χ1n) is 9.35. The number of hydrogen-bond donors (Lipinski definition) is 2. The lowest BCUT2D eigenvalue weighted by atomic mass is 9.66. The molecule has 6 heteroatoms. The largest absolute Gasteiger partial charge is 0.386 e. The smallest absolute Gasteiger partial charge is 0.274 e. The van der Waals surface area contributed by atoms with Gasteiger partial charge < -0.3 is 15.1 Å². The Labute approximate surface area is 158 Å². The molecule has 0 bridgehead atoms. The lowest BCUT2D eigenvalue weighted by Gasteiger charge is -2.41. The molecule has 2 N–H and O–H groups in total. The van der Waals surface area contributed by atoms with Gasteiger partial charge in [0.05, 0.1) is 11.0 Å². The predicted octanol–water partition coefficient (Wildman–Crippen LogP) is 3.98. The summed E-state index contributed by atoms with van der Waals surface area (Å²) in [5.41, 5.74) is 0.157. The Hall–Kier alpha value is -1.79. The highest BCUT2D eigenvalue weighted by Gasteiger charge is 2.51. The number of amides is 1. The molecule has 0 radical (unpaired) electrons. The van der Waals surface area contributed by atoms with Crippen molar-refractivity contribution in [2.75, 3.05) is 11.4 Å². The zero-order chi connectivity index (χ0) is 20.0. The Bertz CT molecular complexity index is 731. The van der Waals surface area contributed by atoms with Crippen LogP contribution in [-0.2, 0) is 4.79 Å². The van der Waals surface area contributed by atoms with Gasteiger partial charge in [-0.15, -0.1) is 0 Å². The third-order valence-electron chi connectivity index (χ3n) is 6.34. The summed E-state index contributed by atoms with van der Waals surface area (Å²) in [5, 5.41) is 20.3. The van der Waals surface area contributed by atoms with Crippen LogP contribution in [0.15, 0.2) is 36.4 Å². The Kier molecular flexibility index (Phi) is 4.93. The van der Waals surface area contributed by atoms with Crippen molar-refractivity contribution in [1.29, 1.82) is 0 Å². The van der Waals surface area contributed by atoms with Gasteiger partial charge in [-0.25, -0.2) is 8.78 Å². The minimum Gasteiger partial charge on any atom is -0.386 e. The highest BCUT2D eigenvalue weighted by atomic mass is 19.3. The summed E-state index contributed by atoms with van der Waals surface area (Å²) in [7, 11) is 0. The topological polar surface area (TPSA) is 60.8 Å². The van der Waals surface area contributed by atoms with Crippen LogP contribution < -0.4 is 4.90 Å². The second-order valence-electron chi connectivity index (χ2n) is 8.25. The maximum atomic E-state index is 13.3. The number of carbonyl (C=O) groups excluding carboxylic acids is 1. The van der Waals surface area contributed by atoms with E-state index in [4.69, 9.17) is 0 Å². The van der Waals surface area contributed by atoms with E-state index in [1.807, 2.05) is 6.92 Å². The second-order valence-corrected chi connectivity index (χ2v) is 8.25. The average molecular weight is 379 g/mol. The molecule has 1 aliphatic heterocycles. The number of benzene rings is 1.